The van der Waals surface area contributed by atoms with Gasteiger partial charge in [-0.25, -0.2) is 4.68 Å². The van der Waals surface area contributed by atoms with E-state index in [0.29, 0.717) is 18.0 Å². The van der Waals surface area contributed by atoms with Crippen molar-refractivity contribution >= 4 is 5.91 Å². The van der Waals surface area contributed by atoms with Crippen LogP contribution in [0, 0.1) is 0 Å². The molecular formula is C19H19N3O3. The minimum atomic E-state index is -0.258. The van der Waals surface area contributed by atoms with Gasteiger partial charge in [-0.3, -0.25) is 4.79 Å². The third-order valence-corrected chi connectivity index (χ3v) is 3.60. The molecule has 0 saturated heterocycles. The molecule has 0 aliphatic heterocycles. The van der Waals surface area contributed by atoms with Gasteiger partial charge in [0.05, 0.1) is 12.3 Å². The van der Waals surface area contributed by atoms with Crippen molar-refractivity contribution in [2.24, 2.45) is 0 Å². The van der Waals surface area contributed by atoms with Crippen molar-refractivity contribution in [3.05, 3.63) is 78.1 Å². The van der Waals surface area contributed by atoms with Crippen LogP contribution in [-0.2, 0) is 6.54 Å². The van der Waals surface area contributed by atoms with Crippen molar-refractivity contribution in [2.45, 2.75) is 6.54 Å². The quantitative estimate of drug-likeness (QED) is 0.693. The molecule has 0 aliphatic rings. The molecule has 6 nitrogen and oxygen atoms in total. The topological polar surface area (TPSA) is 76.4 Å². The zero-order valence-electron chi connectivity index (χ0n) is 13.6. The Hall–Kier alpha value is -3.12. The summed E-state index contributed by atoms with van der Waals surface area (Å²) in [7, 11) is 0. The van der Waals surface area contributed by atoms with Crippen LogP contribution in [0.15, 0.2) is 66.9 Å². The molecule has 0 fully saturated rings. The highest BCUT2D eigenvalue weighted by Gasteiger charge is 2.11. The lowest BCUT2D eigenvalue weighted by atomic mass is 10.2. The Bertz CT molecular complexity index is 831. The summed E-state index contributed by atoms with van der Waals surface area (Å²) in [5.74, 6) is 0.387. The van der Waals surface area contributed by atoms with Gasteiger partial charge in [0.15, 0.2) is 5.69 Å². The first-order valence-corrected chi connectivity index (χ1v) is 7.99. The Kier molecular flexibility index (Phi) is 5.43. The van der Waals surface area contributed by atoms with Crippen LogP contribution >= 0.6 is 0 Å². The molecule has 6 heteroatoms. The van der Waals surface area contributed by atoms with Crippen molar-refractivity contribution in [1.82, 2.24) is 15.1 Å². The number of aliphatic hydroxyl groups is 1. The number of aliphatic hydroxyl groups excluding tert-OH is 1. The van der Waals surface area contributed by atoms with Gasteiger partial charge in [-0.05, 0) is 24.3 Å². The zero-order chi connectivity index (χ0) is 17.5. The Balaban J connectivity index is 1.65. The smallest absolute Gasteiger partial charge is 0.272 e. The highest BCUT2D eigenvalue weighted by atomic mass is 16.5. The van der Waals surface area contributed by atoms with Crippen LogP contribution in [0.1, 0.15) is 16.1 Å². The molecule has 128 valence electrons. The maximum absolute atomic E-state index is 12.3. The lowest BCUT2D eigenvalue weighted by Crippen LogP contribution is -2.23. The zero-order valence-corrected chi connectivity index (χ0v) is 13.6. The maximum atomic E-state index is 12.3. The highest BCUT2D eigenvalue weighted by Crippen LogP contribution is 2.17. The second-order valence-electron chi connectivity index (χ2n) is 5.34. The van der Waals surface area contributed by atoms with Crippen LogP contribution in [-0.4, -0.2) is 34.0 Å². The summed E-state index contributed by atoms with van der Waals surface area (Å²) in [6, 6.07) is 18.7. The second kappa shape index (κ2) is 8.12. The number of aromatic nitrogens is 2. The summed E-state index contributed by atoms with van der Waals surface area (Å²) in [4.78, 5) is 12.3. The number of carbonyl (C=O) groups excluding carboxylic acids is 1. The number of benzene rings is 2. The summed E-state index contributed by atoms with van der Waals surface area (Å²) in [6.07, 6.45) is 1.75. The highest BCUT2D eigenvalue weighted by molar-refractivity contribution is 5.92. The Morgan fingerprint density at radius 3 is 2.64 bits per heavy atom. The molecule has 2 aromatic carbocycles. The monoisotopic (exact) mass is 337 g/mol. The number of rotatable bonds is 7. The van der Waals surface area contributed by atoms with Gasteiger partial charge in [0.25, 0.3) is 5.91 Å². The van der Waals surface area contributed by atoms with Gasteiger partial charge in [-0.15, -0.1) is 0 Å². The SMILES string of the molecule is O=C(NCc1ccccc1OCCO)c1ccn(-c2ccccc2)n1. The fourth-order valence-corrected chi connectivity index (χ4v) is 2.38. The Morgan fingerprint density at radius 2 is 1.84 bits per heavy atom. The first-order chi connectivity index (χ1) is 12.3. The van der Waals surface area contributed by atoms with E-state index >= 15 is 0 Å². The number of amides is 1. The number of hydrogen-bond donors (Lipinski definition) is 2. The predicted molar refractivity (Wildman–Crippen MR) is 93.8 cm³/mol. The van der Waals surface area contributed by atoms with Crippen LogP contribution in [0.4, 0.5) is 0 Å². The normalized spacial score (nSPS) is 10.4. The third-order valence-electron chi connectivity index (χ3n) is 3.60. The standard InChI is InChI=1S/C19H19N3O3/c23-12-13-25-18-9-5-4-6-15(18)14-20-19(24)17-10-11-22(21-17)16-7-2-1-3-8-16/h1-11,23H,12-14H2,(H,20,24). The van der Waals surface area contributed by atoms with E-state index in [1.165, 1.54) is 0 Å². The van der Waals surface area contributed by atoms with Crippen LogP contribution < -0.4 is 10.1 Å². The molecule has 3 aromatic rings. The fourth-order valence-electron chi connectivity index (χ4n) is 2.38. The van der Waals surface area contributed by atoms with Crippen LogP contribution in [0.25, 0.3) is 5.69 Å². The molecule has 0 unspecified atom stereocenters. The minimum Gasteiger partial charge on any atom is -0.491 e. The van der Waals surface area contributed by atoms with Gasteiger partial charge in [-0.2, -0.15) is 5.10 Å². The summed E-state index contributed by atoms with van der Waals surface area (Å²) in [5.41, 5.74) is 2.08. The average molecular weight is 337 g/mol. The van der Waals surface area contributed by atoms with Gasteiger partial charge in [-0.1, -0.05) is 36.4 Å². The first-order valence-electron chi connectivity index (χ1n) is 7.99. The van der Waals surface area contributed by atoms with E-state index in [-0.39, 0.29) is 19.1 Å². The molecule has 0 aliphatic carbocycles. The number of hydrogen-bond acceptors (Lipinski definition) is 4. The first kappa shape index (κ1) is 16.7. The molecule has 2 N–H and O–H groups in total. The number of para-hydroxylation sites is 2. The average Bonchev–Trinajstić information content (AvgIpc) is 3.16. The predicted octanol–water partition coefficient (Wildman–Crippen LogP) is 2.17. The molecule has 1 amide bonds. The summed E-state index contributed by atoms with van der Waals surface area (Å²) >= 11 is 0. The summed E-state index contributed by atoms with van der Waals surface area (Å²) < 4.78 is 7.13. The molecular weight excluding hydrogens is 318 g/mol. The molecule has 0 spiro atoms. The number of nitrogens with one attached hydrogen (secondary N) is 1. The molecule has 0 saturated carbocycles. The number of ether oxygens (including phenoxy) is 1. The third kappa shape index (κ3) is 4.24. The van der Waals surface area contributed by atoms with Gasteiger partial charge in [0.2, 0.25) is 0 Å². The van der Waals surface area contributed by atoms with E-state index in [0.717, 1.165) is 11.3 Å². The molecule has 0 bridgehead atoms. The van der Waals surface area contributed by atoms with Gasteiger partial charge in [0, 0.05) is 18.3 Å². The van der Waals surface area contributed by atoms with Crippen molar-refractivity contribution in [3.8, 4) is 11.4 Å². The van der Waals surface area contributed by atoms with Gasteiger partial charge < -0.3 is 15.2 Å². The maximum Gasteiger partial charge on any atom is 0.272 e. The van der Waals surface area contributed by atoms with Crippen molar-refractivity contribution < 1.29 is 14.6 Å². The fraction of sp³-hybridized carbons (Fsp3) is 0.158. The van der Waals surface area contributed by atoms with Crippen LogP contribution in [0.5, 0.6) is 5.75 Å². The molecule has 0 radical (unpaired) electrons. The van der Waals surface area contributed by atoms with Crippen molar-refractivity contribution in [3.63, 3.8) is 0 Å². The van der Waals surface area contributed by atoms with E-state index in [9.17, 15) is 4.79 Å². The van der Waals surface area contributed by atoms with E-state index in [4.69, 9.17) is 9.84 Å². The lowest BCUT2D eigenvalue weighted by Gasteiger charge is -2.11. The van der Waals surface area contributed by atoms with E-state index < -0.39 is 0 Å². The van der Waals surface area contributed by atoms with Crippen molar-refractivity contribution in [2.75, 3.05) is 13.2 Å². The van der Waals surface area contributed by atoms with E-state index in [2.05, 4.69) is 10.4 Å². The Morgan fingerprint density at radius 1 is 1.08 bits per heavy atom. The van der Waals surface area contributed by atoms with Gasteiger partial charge >= 0.3 is 0 Å². The molecule has 1 heterocycles. The molecule has 25 heavy (non-hydrogen) atoms. The van der Waals surface area contributed by atoms with E-state index in [1.54, 1.807) is 23.0 Å². The largest absolute Gasteiger partial charge is 0.491 e. The van der Waals surface area contributed by atoms with Gasteiger partial charge in [0.1, 0.15) is 12.4 Å². The minimum absolute atomic E-state index is 0.0579. The molecule has 0 atom stereocenters. The van der Waals surface area contributed by atoms with E-state index in [1.807, 2.05) is 48.5 Å². The Labute approximate surface area is 145 Å². The lowest BCUT2D eigenvalue weighted by molar-refractivity contribution is 0.0945. The molecule has 1 aromatic heterocycles. The van der Waals surface area contributed by atoms with Crippen LogP contribution in [0.3, 0.4) is 0 Å². The number of nitrogens with zero attached hydrogens (tertiary/aromatic N) is 2. The molecule has 3 rings (SSSR count). The summed E-state index contributed by atoms with van der Waals surface area (Å²) in [5, 5.41) is 16.0. The van der Waals surface area contributed by atoms with Crippen molar-refractivity contribution in [1.29, 1.82) is 0 Å². The summed E-state index contributed by atoms with van der Waals surface area (Å²) in [6.45, 7) is 0.475. The number of carbonyl (C=O) groups is 1. The van der Waals surface area contributed by atoms with Crippen LogP contribution in [0.2, 0.25) is 0 Å². The second-order valence-corrected chi connectivity index (χ2v) is 5.34.